The molecule has 0 bridgehead atoms. The summed E-state index contributed by atoms with van der Waals surface area (Å²) in [5.41, 5.74) is 2.14. The second-order valence-corrected chi connectivity index (χ2v) is 9.08. The van der Waals surface area contributed by atoms with Crippen molar-refractivity contribution in [2.75, 3.05) is 16.8 Å². The molecule has 1 aliphatic rings. The number of anilines is 2. The van der Waals surface area contributed by atoms with Gasteiger partial charge in [-0.3, -0.25) is 9.59 Å². The molecule has 1 N–H and O–H groups in total. The van der Waals surface area contributed by atoms with E-state index in [9.17, 15) is 9.59 Å². The van der Waals surface area contributed by atoms with Crippen molar-refractivity contribution in [3.8, 4) is 0 Å². The SMILES string of the molecule is CC1CCN(C(=O)c2cccc(NC(=O)c3cccs3)c2)c2ccccc2S1. The zero-order valence-corrected chi connectivity index (χ0v) is 17.1. The van der Waals surface area contributed by atoms with Crippen LogP contribution in [-0.4, -0.2) is 23.6 Å². The number of carbonyl (C=O) groups is 2. The fraction of sp³-hybridized carbons (Fsp3) is 0.182. The van der Waals surface area contributed by atoms with Gasteiger partial charge >= 0.3 is 0 Å². The van der Waals surface area contributed by atoms with Gasteiger partial charge in [0.2, 0.25) is 0 Å². The Hall–Kier alpha value is -2.57. The summed E-state index contributed by atoms with van der Waals surface area (Å²) in [4.78, 5) is 29.2. The summed E-state index contributed by atoms with van der Waals surface area (Å²) in [6, 6.07) is 18.8. The van der Waals surface area contributed by atoms with Crippen molar-refractivity contribution in [1.29, 1.82) is 0 Å². The van der Waals surface area contributed by atoms with E-state index in [0.29, 0.717) is 27.9 Å². The van der Waals surface area contributed by atoms with Gasteiger partial charge < -0.3 is 10.2 Å². The zero-order chi connectivity index (χ0) is 19.5. The molecule has 2 amide bonds. The van der Waals surface area contributed by atoms with Crippen LogP contribution in [0.1, 0.15) is 33.4 Å². The van der Waals surface area contributed by atoms with Gasteiger partial charge in [-0.2, -0.15) is 0 Å². The lowest BCUT2D eigenvalue weighted by Gasteiger charge is -2.23. The number of rotatable bonds is 3. The van der Waals surface area contributed by atoms with Gasteiger partial charge in [-0.15, -0.1) is 23.1 Å². The summed E-state index contributed by atoms with van der Waals surface area (Å²) in [6.45, 7) is 2.87. The Morgan fingerprint density at radius 2 is 1.93 bits per heavy atom. The molecule has 0 fully saturated rings. The van der Waals surface area contributed by atoms with Crippen molar-refractivity contribution in [1.82, 2.24) is 0 Å². The molecule has 0 saturated heterocycles. The summed E-state index contributed by atoms with van der Waals surface area (Å²) in [7, 11) is 0. The molecular formula is C22H20N2O2S2. The molecule has 1 aliphatic heterocycles. The first-order valence-corrected chi connectivity index (χ1v) is 10.9. The van der Waals surface area contributed by atoms with Crippen LogP contribution in [0.15, 0.2) is 70.9 Å². The van der Waals surface area contributed by atoms with Crippen LogP contribution in [0.25, 0.3) is 0 Å². The quantitative estimate of drug-likeness (QED) is 0.620. The molecule has 2 heterocycles. The van der Waals surface area contributed by atoms with Gasteiger partial charge in [0.05, 0.1) is 10.6 Å². The third-order valence-electron chi connectivity index (χ3n) is 4.60. The van der Waals surface area contributed by atoms with Crippen LogP contribution in [0.3, 0.4) is 0 Å². The lowest BCUT2D eigenvalue weighted by Crippen LogP contribution is -2.32. The maximum absolute atomic E-state index is 13.3. The molecule has 1 unspecified atom stereocenters. The lowest BCUT2D eigenvalue weighted by atomic mass is 10.1. The molecule has 6 heteroatoms. The van der Waals surface area contributed by atoms with Crippen molar-refractivity contribution >= 4 is 46.3 Å². The molecule has 0 saturated carbocycles. The summed E-state index contributed by atoms with van der Waals surface area (Å²) in [5, 5.41) is 5.20. The zero-order valence-electron chi connectivity index (χ0n) is 15.4. The minimum atomic E-state index is -0.162. The molecular weight excluding hydrogens is 388 g/mol. The number of fused-ring (bicyclic) bond motifs is 1. The second-order valence-electron chi connectivity index (χ2n) is 6.65. The van der Waals surface area contributed by atoms with E-state index in [2.05, 4.69) is 18.3 Å². The number of hydrogen-bond acceptors (Lipinski definition) is 4. The van der Waals surface area contributed by atoms with Crippen molar-refractivity contribution in [2.45, 2.75) is 23.5 Å². The van der Waals surface area contributed by atoms with Crippen molar-refractivity contribution in [3.05, 3.63) is 76.5 Å². The van der Waals surface area contributed by atoms with E-state index < -0.39 is 0 Å². The minimum absolute atomic E-state index is 0.0469. The Morgan fingerprint density at radius 3 is 2.75 bits per heavy atom. The van der Waals surface area contributed by atoms with E-state index in [1.165, 1.54) is 11.3 Å². The average molecular weight is 409 g/mol. The number of thioether (sulfide) groups is 1. The van der Waals surface area contributed by atoms with Crippen molar-refractivity contribution in [3.63, 3.8) is 0 Å². The highest BCUT2D eigenvalue weighted by molar-refractivity contribution is 8.00. The van der Waals surface area contributed by atoms with Crippen LogP contribution in [-0.2, 0) is 0 Å². The molecule has 0 radical (unpaired) electrons. The number of para-hydroxylation sites is 1. The maximum atomic E-state index is 13.3. The predicted octanol–water partition coefficient (Wildman–Crippen LogP) is 5.53. The predicted molar refractivity (Wildman–Crippen MR) is 117 cm³/mol. The highest BCUT2D eigenvalue weighted by Crippen LogP contribution is 2.37. The standard InChI is InChI=1S/C22H20N2O2S2/c1-15-11-12-24(18-8-2-3-9-19(18)28-15)22(26)16-6-4-7-17(14-16)23-21(25)20-10-5-13-27-20/h2-10,13-15H,11-12H2,1H3,(H,23,25). The summed E-state index contributed by atoms with van der Waals surface area (Å²) >= 11 is 3.20. The fourth-order valence-corrected chi connectivity index (χ4v) is 4.92. The Kier molecular flexibility index (Phi) is 5.50. The molecule has 0 aliphatic carbocycles. The van der Waals surface area contributed by atoms with E-state index in [1.54, 1.807) is 30.3 Å². The highest BCUT2D eigenvalue weighted by Gasteiger charge is 2.25. The van der Waals surface area contributed by atoms with E-state index in [1.807, 2.05) is 46.3 Å². The summed E-state index contributed by atoms with van der Waals surface area (Å²) in [6.07, 6.45) is 0.930. The van der Waals surface area contributed by atoms with Gasteiger partial charge in [0.15, 0.2) is 0 Å². The number of carbonyl (C=O) groups excluding carboxylic acids is 2. The fourth-order valence-electron chi connectivity index (χ4n) is 3.18. The first kappa shape index (κ1) is 18.8. The van der Waals surface area contributed by atoms with Gasteiger partial charge in [0.25, 0.3) is 11.8 Å². The minimum Gasteiger partial charge on any atom is -0.321 e. The lowest BCUT2D eigenvalue weighted by molar-refractivity contribution is 0.0984. The van der Waals surface area contributed by atoms with Crippen LogP contribution in [0, 0.1) is 0 Å². The molecule has 1 atom stereocenters. The molecule has 2 aromatic carbocycles. The summed E-state index contributed by atoms with van der Waals surface area (Å²) < 4.78 is 0. The number of nitrogens with one attached hydrogen (secondary N) is 1. The van der Waals surface area contributed by atoms with Gasteiger partial charge in [-0.1, -0.05) is 31.2 Å². The molecule has 28 heavy (non-hydrogen) atoms. The third-order valence-corrected chi connectivity index (χ3v) is 6.71. The van der Waals surface area contributed by atoms with E-state index in [4.69, 9.17) is 0 Å². The number of amides is 2. The molecule has 3 aromatic rings. The highest BCUT2D eigenvalue weighted by atomic mass is 32.2. The smallest absolute Gasteiger partial charge is 0.265 e. The molecule has 4 nitrogen and oxygen atoms in total. The van der Waals surface area contributed by atoms with Crippen LogP contribution in [0.5, 0.6) is 0 Å². The largest absolute Gasteiger partial charge is 0.321 e. The maximum Gasteiger partial charge on any atom is 0.265 e. The van der Waals surface area contributed by atoms with E-state index in [-0.39, 0.29) is 11.8 Å². The Balaban J connectivity index is 1.59. The first-order valence-electron chi connectivity index (χ1n) is 9.14. The molecule has 0 spiro atoms. The number of benzene rings is 2. The van der Waals surface area contributed by atoms with Crippen LogP contribution in [0.4, 0.5) is 11.4 Å². The van der Waals surface area contributed by atoms with E-state index in [0.717, 1.165) is 17.0 Å². The van der Waals surface area contributed by atoms with Gasteiger partial charge in [-0.05, 0) is 48.2 Å². The second kappa shape index (κ2) is 8.20. The third kappa shape index (κ3) is 3.98. The van der Waals surface area contributed by atoms with Crippen molar-refractivity contribution in [2.24, 2.45) is 0 Å². The van der Waals surface area contributed by atoms with Crippen LogP contribution >= 0.6 is 23.1 Å². The van der Waals surface area contributed by atoms with Gasteiger partial charge in [-0.25, -0.2) is 0 Å². The van der Waals surface area contributed by atoms with Gasteiger partial charge in [0, 0.05) is 27.9 Å². The van der Waals surface area contributed by atoms with Crippen LogP contribution in [0.2, 0.25) is 0 Å². The monoisotopic (exact) mass is 408 g/mol. The van der Waals surface area contributed by atoms with Crippen molar-refractivity contribution < 1.29 is 9.59 Å². The Labute approximate surface area is 172 Å². The average Bonchev–Trinajstić information content (AvgIpc) is 3.18. The molecule has 142 valence electrons. The van der Waals surface area contributed by atoms with E-state index >= 15 is 0 Å². The topological polar surface area (TPSA) is 49.4 Å². The number of thiophene rings is 1. The first-order chi connectivity index (χ1) is 13.6. The Morgan fingerprint density at radius 1 is 1.07 bits per heavy atom. The Bertz CT molecular complexity index is 1000. The number of hydrogen-bond donors (Lipinski definition) is 1. The molecule has 1 aromatic heterocycles. The number of nitrogens with zero attached hydrogens (tertiary/aromatic N) is 1. The summed E-state index contributed by atoms with van der Waals surface area (Å²) in [5.74, 6) is -0.209. The molecule has 4 rings (SSSR count). The van der Waals surface area contributed by atoms with Crippen LogP contribution < -0.4 is 10.2 Å². The van der Waals surface area contributed by atoms with Gasteiger partial charge in [0.1, 0.15) is 0 Å². The normalized spacial score (nSPS) is 16.2.